The van der Waals surface area contributed by atoms with Gasteiger partial charge in [-0.1, -0.05) is 13.5 Å². The second-order valence-corrected chi connectivity index (χ2v) is 2.82. The molecule has 0 aromatic carbocycles. The molecule has 5 nitrogen and oxygen atoms in total. The number of aliphatic hydroxyl groups is 1. The molecule has 0 aliphatic rings. The monoisotopic (exact) mass is 188 g/mol. The normalized spacial score (nSPS) is 12.8. The van der Waals surface area contributed by atoms with Crippen molar-refractivity contribution in [1.29, 1.82) is 0 Å². The first kappa shape index (κ1) is 11.9. The zero-order valence-electron chi connectivity index (χ0n) is 7.73. The molecule has 0 saturated heterocycles. The minimum Gasteiger partial charge on any atom is -0.511 e. The summed E-state index contributed by atoms with van der Waals surface area (Å²) >= 11 is 0. The molecule has 0 radical (unpaired) electrons. The Kier molecular flexibility index (Phi) is 5.10. The highest BCUT2D eigenvalue weighted by atomic mass is 16.4. The minimum atomic E-state index is -0.905. The number of hydrogen-bond donors (Lipinski definition) is 3. The van der Waals surface area contributed by atoms with Gasteiger partial charge in [0.15, 0.2) is 0 Å². The molecule has 0 rings (SSSR count). The van der Waals surface area contributed by atoms with Gasteiger partial charge in [-0.15, -0.1) is 0 Å². The fourth-order valence-electron chi connectivity index (χ4n) is 0.880. The number of carboxylic acid groups (broad SMARTS) is 1. The number of aliphatic hydroxyl groups excluding tert-OH is 1. The molecular formula is C8H16N2O3. The third-order valence-electron chi connectivity index (χ3n) is 1.69. The highest BCUT2D eigenvalue weighted by Crippen LogP contribution is 1.96. The summed E-state index contributed by atoms with van der Waals surface area (Å²) in [5, 5.41) is 17.4. The Labute approximate surface area is 77.5 Å². The number of carboxylic acids is 1. The summed E-state index contributed by atoms with van der Waals surface area (Å²) in [6.07, 6.45) is 0. The van der Waals surface area contributed by atoms with Gasteiger partial charge in [0.2, 0.25) is 0 Å². The summed E-state index contributed by atoms with van der Waals surface area (Å²) in [5.41, 5.74) is 5.48. The fraction of sp³-hybridized carbons (Fsp3) is 0.625. The van der Waals surface area contributed by atoms with Crippen molar-refractivity contribution < 1.29 is 15.0 Å². The van der Waals surface area contributed by atoms with E-state index in [0.29, 0.717) is 13.1 Å². The third kappa shape index (κ3) is 5.21. The Morgan fingerprint density at radius 1 is 1.62 bits per heavy atom. The molecule has 0 saturated carbocycles. The van der Waals surface area contributed by atoms with Gasteiger partial charge in [-0.05, 0) is 6.54 Å². The predicted octanol–water partition coefficient (Wildman–Crippen LogP) is -0.208. The second-order valence-electron chi connectivity index (χ2n) is 2.82. The smallest absolute Gasteiger partial charge is 0.317 e. The molecule has 4 N–H and O–H groups in total. The van der Waals surface area contributed by atoms with Gasteiger partial charge in [0.1, 0.15) is 5.76 Å². The van der Waals surface area contributed by atoms with Crippen LogP contribution in [-0.2, 0) is 4.79 Å². The molecule has 0 bridgehead atoms. The van der Waals surface area contributed by atoms with Gasteiger partial charge in [0.05, 0.1) is 12.6 Å². The lowest BCUT2D eigenvalue weighted by atomic mass is 10.2. The van der Waals surface area contributed by atoms with Crippen molar-refractivity contribution in [2.24, 2.45) is 5.73 Å². The van der Waals surface area contributed by atoms with Crippen LogP contribution in [0.2, 0.25) is 0 Å². The maximum Gasteiger partial charge on any atom is 0.317 e. The number of hydrogen-bond acceptors (Lipinski definition) is 4. The number of nitrogens with zero attached hydrogens (tertiary/aromatic N) is 1. The van der Waals surface area contributed by atoms with Crippen LogP contribution in [0.25, 0.3) is 0 Å². The Morgan fingerprint density at radius 3 is 2.46 bits per heavy atom. The standard InChI is InChI=1S/C8H16N2O3/c1-3-10(5-8(12)13)4-7(9)6(2)11/h7,11H,2-5,9H2,1H3,(H,12,13)/t7-/m0/s1. The van der Waals surface area contributed by atoms with E-state index in [1.807, 2.05) is 6.92 Å². The average Bonchev–Trinajstić information content (AvgIpc) is 2.02. The molecule has 1 atom stereocenters. The van der Waals surface area contributed by atoms with E-state index in [1.165, 1.54) is 0 Å². The van der Waals surface area contributed by atoms with Crippen molar-refractivity contribution in [3.05, 3.63) is 12.3 Å². The van der Waals surface area contributed by atoms with Crippen molar-refractivity contribution in [1.82, 2.24) is 4.90 Å². The highest BCUT2D eigenvalue weighted by molar-refractivity contribution is 5.69. The van der Waals surface area contributed by atoms with Crippen molar-refractivity contribution in [2.45, 2.75) is 13.0 Å². The maximum absolute atomic E-state index is 10.4. The summed E-state index contributed by atoms with van der Waals surface area (Å²) in [5.74, 6) is -1.03. The molecule has 0 aliphatic heterocycles. The molecule has 0 fully saturated rings. The maximum atomic E-state index is 10.4. The van der Waals surface area contributed by atoms with Gasteiger partial charge >= 0.3 is 5.97 Å². The highest BCUT2D eigenvalue weighted by Gasteiger charge is 2.13. The van der Waals surface area contributed by atoms with Crippen LogP contribution in [-0.4, -0.2) is 46.8 Å². The van der Waals surface area contributed by atoms with E-state index < -0.39 is 12.0 Å². The predicted molar refractivity (Wildman–Crippen MR) is 49.5 cm³/mol. The van der Waals surface area contributed by atoms with E-state index in [-0.39, 0.29) is 12.3 Å². The number of aliphatic carboxylic acids is 1. The van der Waals surface area contributed by atoms with Gasteiger partial charge in [-0.2, -0.15) is 0 Å². The largest absolute Gasteiger partial charge is 0.511 e. The van der Waals surface area contributed by atoms with Crippen LogP contribution < -0.4 is 5.73 Å². The molecule has 0 heterocycles. The van der Waals surface area contributed by atoms with Gasteiger partial charge in [-0.3, -0.25) is 9.69 Å². The number of nitrogens with two attached hydrogens (primary N) is 1. The molecular weight excluding hydrogens is 172 g/mol. The van der Waals surface area contributed by atoms with E-state index in [2.05, 4.69) is 6.58 Å². The van der Waals surface area contributed by atoms with Gasteiger partial charge in [-0.25, -0.2) is 0 Å². The Hall–Kier alpha value is -1.07. The van der Waals surface area contributed by atoms with Crippen LogP contribution in [0.5, 0.6) is 0 Å². The lowest BCUT2D eigenvalue weighted by molar-refractivity contribution is -0.138. The van der Waals surface area contributed by atoms with Crippen LogP contribution in [0.1, 0.15) is 6.92 Å². The zero-order chi connectivity index (χ0) is 10.4. The molecule has 13 heavy (non-hydrogen) atoms. The summed E-state index contributed by atoms with van der Waals surface area (Å²) in [4.78, 5) is 12.0. The molecule has 0 spiro atoms. The van der Waals surface area contributed by atoms with Crippen molar-refractivity contribution >= 4 is 5.97 Å². The molecule has 5 heteroatoms. The third-order valence-corrected chi connectivity index (χ3v) is 1.69. The molecule has 0 aromatic rings. The number of carbonyl (C=O) groups is 1. The lowest BCUT2D eigenvalue weighted by Gasteiger charge is -2.21. The molecule has 0 aliphatic carbocycles. The summed E-state index contributed by atoms with van der Waals surface area (Å²) in [6.45, 7) is 5.92. The molecule has 76 valence electrons. The zero-order valence-corrected chi connectivity index (χ0v) is 7.73. The van der Waals surface area contributed by atoms with Gasteiger partial charge in [0, 0.05) is 6.54 Å². The Bertz CT molecular complexity index is 194. The first-order valence-corrected chi connectivity index (χ1v) is 4.04. The SMILES string of the molecule is C=C(O)[C@@H](N)CN(CC)CC(=O)O. The van der Waals surface area contributed by atoms with E-state index in [9.17, 15) is 4.79 Å². The van der Waals surface area contributed by atoms with Crippen LogP contribution >= 0.6 is 0 Å². The van der Waals surface area contributed by atoms with Crippen LogP contribution in [0.15, 0.2) is 12.3 Å². The lowest BCUT2D eigenvalue weighted by Crippen LogP contribution is -2.40. The van der Waals surface area contributed by atoms with Crippen LogP contribution in [0.4, 0.5) is 0 Å². The van der Waals surface area contributed by atoms with Gasteiger partial charge < -0.3 is 15.9 Å². The molecule has 0 unspecified atom stereocenters. The first-order valence-electron chi connectivity index (χ1n) is 4.04. The molecule has 0 aromatic heterocycles. The van der Waals surface area contributed by atoms with E-state index >= 15 is 0 Å². The topological polar surface area (TPSA) is 86.8 Å². The number of rotatable bonds is 6. The summed E-state index contributed by atoms with van der Waals surface area (Å²) in [7, 11) is 0. The van der Waals surface area contributed by atoms with Crippen LogP contribution in [0, 0.1) is 0 Å². The second kappa shape index (κ2) is 5.55. The number of likely N-dealkylation sites (N-methyl/N-ethyl adjacent to an activating group) is 1. The Balaban J connectivity index is 3.97. The van der Waals surface area contributed by atoms with Gasteiger partial charge in [0.25, 0.3) is 0 Å². The minimum absolute atomic E-state index is 0.0719. The van der Waals surface area contributed by atoms with Crippen molar-refractivity contribution in [2.75, 3.05) is 19.6 Å². The van der Waals surface area contributed by atoms with E-state index in [0.717, 1.165) is 0 Å². The fourth-order valence-corrected chi connectivity index (χ4v) is 0.880. The van der Waals surface area contributed by atoms with E-state index in [1.54, 1.807) is 4.90 Å². The summed E-state index contributed by atoms with van der Waals surface area (Å²) in [6, 6.07) is -0.584. The first-order chi connectivity index (χ1) is 5.97. The molecule has 0 amide bonds. The summed E-state index contributed by atoms with van der Waals surface area (Å²) < 4.78 is 0. The van der Waals surface area contributed by atoms with Crippen molar-refractivity contribution in [3.63, 3.8) is 0 Å². The van der Waals surface area contributed by atoms with Crippen molar-refractivity contribution in [3.8, 4) is 0 Å². The van der Waals surface area contributed by atoms with Crippen LogP contribution in [0.3, 0.4) is 0 Å². The average molecular weight is 188 g/mol. The quantitative estimate of drug-likeness (QED) is 0.502. The van der Waals surface area contributed by atoms with E-state index in [4.69, 9.17) is 15.9 Å². The Morgan fingerprint density at radius 2 is 2.15 bits per heavy atom.